The summed E-state index contributed by atoms with van der Waals surface area (Å²) in [5.41, 5.74) is 9.86. The second-order valence-electron chi connectivity index (χ2n) is 32.1. The van der Waals surface area contributed by atoms with Crippen molar-refractivity contribution in [2.45, 2.75) is 84.2 Å². The van der Waals surface area contributed by atoms with Gasteiger partial charge in [-0.1, -0.05) is 310 Å². The van der Waals surface area contributed by atoms with Crippen molar-refractivity contribution in [3.63, 3.8) is 0 Å². The summed E-state index contributed by atoms with van der Waals surface area (Å²) >= 11 is 0. The molecule has 0 heterocycles. The molecule has 3 unspecified atom stereocenters. The highest BCUT2D eigenvalue weighted by molar-refractivity contribution is 7.96. The van der Waals surface area contributed by atoms with Crippen LogP contribution in [0.1, 0.15) is 84.5 Å². The van der Waals surface area contributed by atoms with Gasteiger partial charge in [0.05, 0.1) is 60.4 Å². The van der Waals surface area contributed by atoms with Crippen LogP contribution in [0.15, 0.2) is 461 Å². The largest absolute Gasteiger partial charge is 1.00 e. The molecule has 16 rings (SSSR count). The third-order valence-corrected chi connectivity index (χ3v) is 41.4. The van der Waals surface area contributed by atoms with Crippen molar-refractivity contribution in [2.75, 3.05) is 6.16 Å². The van der Waals surface area contributed by atoms with Crippen molar-refractivity contribution in [2.24, 2.45) is 17.8 Å². The number of hydrogen-bond donors (Lipinski definition) is 0. The van der Waals surface area contributed by atoms with Crippen molar-refractivity contribution < 1.29 is 37.2 Å². The summed E-state index contributed by atoms with van der Waals surface area (Å²) < 4.78 is 0. The number of nitriles is 4. The van der Waals surface area contributed by atoms with Crippen molar-refractivity contribution in [1.82, 2.24) is 0 Å². The normalized spacial score (nSPS) is 11.6. The quantitative estimate of drug-likeness (QED) is 0.0419. The Labute approximate surface area is 782 Å². The lowest BCUT2D eigenvalue weighted by Gasteiger charge is -2.28. The Bertz CT molecular complexity index is 5710. The predicted octanol–water partition coefficient (Wildman–Crippen LogP) is 14.9. The minimum atomic E-state index is -1.89. The maximum atomic E-state index is 9.33. The highest BCUT2D eigenvalue weighted by Crippen LogP contribution is 2.61. The molecular weight excluding hydrogens is 1690 g/mol. The van der Waals surface area contributed by atoms with Gasteiger partial charge in [0.1, 0.15) is 92.7 Å². The standard InChI is InChI=1S/3C30H29NP.C27H23NP.3ClH/c1-25(23-31)20-21-26-12-11-13-27(22-26)24-32(28-14-5-2-6-15-28,29-16-7-3-8-17-29)30-18-9-4-10-19-30;1-25(23-31)17-18-26-19-21-27(22-20-26)24-32(28-11-5-2-6-12-28,29-13-7-3-8-14-29)30-15-9-4-10-16-30;1-2-25(23-31)22-26-18-20-27(21-19-26)24-32(28-12-6-3-7-13-28,29-14-8-4-9-15-29)30-16-10-5-11-17-30;28-22-24-12-10-11-23(21-24)19-20-29(25-13-4-1-5-14-25,26-15-6-2-7-16-26)27-17-8-3-9-18-27;;;/h2-19,22,25H,20-21,24H2,1H3;2-16,19-22,25H,17-18,24H2,1H3;3-21,25H,2,22,24H2,1H3;1-18,21H,19-20H2;3*1H/q4*+1;;;/p-3. The lowest BCUT2D eigenvalue weighted by molar-refractivity contribution is -0.001000. The first-order valence-corrected chi connectivity index (χ1v) is 51.5. The third-order valence-electron chi connectivity index (χ3n) is 23.8. The first-order chi connectivity index (χ1) is 61.5. The molecular formula is C117H110Cl3N4P4+. The summed E-state index contributed by atoms with van der Waals surface area (Å²) in [6, 6.07) is 176. The van der Waals surface area contributed by atoms with Crippen LogP contribution in [-0.2, 0) is 44.2 Å². The van der Waals surface area contributed by atoms with Gasteiger partial charge in [-0.15, -0.1) is 0 Å². The van der Waals surface area contributed by atoms with Gasteiger partial charge in [0.15, 0.2) is 0 Å². The first-order valence-electron chi connectivity index (χ1n) is 43.6. The van der Waals surface area contributed by atoms with Gasteiger partial charge in [0, 0.05) is 18.3 Å². The molecule has 0 aliphatic heterocycles. The van der Waals surface area contributed by atoms with Crippen LogP contribution in [0.5, 0.6) is 0 Å². The molecule has 128 heavy (non-hydrogen) atoms. The fourth-order valence-electron chi connectivity index (χ4n) is 17.0. The van der Waals surface area contributed by atoms with Crippen molar-refractivity contribution in [1.29, 1.82) is 21.0 Å². The van der Waals surface area contributed by atoms with E-state index in [1.807, 2.05) is 32.0 Å². The van der Waals surface area contributed by atoms with Gasteiger partial charge in [-0.2, -0.15) is 21.0 Å². The zero-order chi connectivity index (χ0) is 86.6. The SMILES string of the molecule is CC(C#N)CCc1ccc(C[P+](c2ccccc2)(c2ccccc2)c2ccccc2)cc1.CC(C#N)CCc1cccc(C[P+](c2ccccc2)(c2ccccc2)c2ccccc2)c1.CCC(C#N)Cc1ccc(C[P+](c2ccccc2)(c2ccccc2)c2ccccc2)cc1.N#Cc1cccc(CC[P+](c2ccccc2)(c2ccccc2)c2ccccc2)c1.[Cl-].[Cl-].[Cl-]. The van der Waals surface area contributed by atoms with Crippen molar-refractivity contribution in [3.8, 4) is 24.3 Å². The highest BCUT2D eigenvalue weighted by atomic mass is 35.5. The minimum absolute atomic E-state index is 0. The molecule has 11 heteroatoms. The van der Waals surface area contributed by atoms with Gasteiger partial charge in [-0.25, -0.2) is 0 Å². The van der Waals surface area contributed by atoms with E-state index in [4.69, 9.17) is 10.5 Å². The second kappa shape index (κ2) is 50.6. The average Bonchev–Trinajstić information content (AvgIpc) is 0.761. The average molecular weight is 1800 g/mol. The van der Waals surface area contributed by atoms with Gasteiger partial charge >= 0.3 is 0 Å². The van der Waals surface area contributed by atoms with E-state index in [0.717, 1.165) is 75.2 Å². The fourth-order valence-corrected chi connectivity index (χ4v) is 34.1. The van der Waals surface area contributed by atoms with Crippen LogP contribution < -0.4 is 101 Å². The molecule has 0 bridgehead atoms. The molecule has 0 fully saturated rings. The predicted molar refractivity (Wildman–Crippen MR) is 540 cm³/mol. The molecule has 638 valence electrons. The van der Waals surface area contributed by atoms with Gasteiger partial charge in [0.25, 0.3) is 0 Å². The molecule has 0 saturated heterocycles. The summed E-state index contributed by atoms with van der Waals surface area (Å²) in [7, 11) is -7.47. The van der Waals surface area contributed by atoms with Gasteiger partial charge < -0.3 is 37.2 Å². The van der Waals surface area contributed by atoms with Gasteiger partial charge in [-0.05, 0) is 249 Å². The number of nitrogens with zero attached hydrogens (tertiary/aromatic N) is 4. The Morgan fingerprint density at radius 1 is 0.227 bits per heavy atom. The molecule has 3 atom stereocenters. The Kier molecular flexibility index (Phi) is 38.8. The molecule has 16 aromatic rings. The van der Waals surface area contributed by atoms with Crippen LogP contribution in [-0.4, -0.2) is 6.16 Å². The van der Waals surface area contributed by atoms with Crippen LogP contribution in [0.25, 0.3) is 0 Å². The third kappa shape index (κ3) is 25.1. The lowest BCUT2D eigenvalue weighted by Crippen LogP contribution is -3.00. The van der Waals surface area contributed by atoms with E-state index in [1.165, 1.54) is 103 Å². The molecule has 0 aliphatic rings. The summed E-state index contributed by atoms with van der Waals surface area (Å²) in [6.07, 6.45) is 10.3. The molecule has 0 aromatic heterocycles. The second-order valence-corrected chi connectivity index (χ2v) is 46.1. The Morgan fingerprint density at radius 2 is 0.461 bits per heavy atom. The van der Waals surface area contributed by atoms with Crippen LogP contribution in [0, 0.1) is 63.1 Å². The maximum absolute atomic E-state index is 9.33. The zero-order valence-electron chi connectivity index (χ0n) is 73.1. The molecule has 16 aromatic carbocycles. The Balaban J connectivity index is 0.000000176. The van der Waals surface area contributed by atoms with Gasteiger partial charge in [0.2, 0.25) is 0 Å². The van der Waals surface area contributed by atoms with E-state index < -0.39 is 29.0 Å². The zero-order valence-corrected chi connectivity index (χ0v) is 78.9. The molecule has 0 radical (unpaired) electrons. The van der Waals surface area contributed by atoms with Crippen molar-refractivity contribution in [3.05, 3.63) is 506 Å². The summed E-state index contributed by atoms with van der Waals surface area (Å²) in [5.74, 6) is 0.274. The number of aryl methyl sites for hydroxylation is 3. The molecule has 0 saturated carbocycles. The highest BCUT2D eigenvalue weighted by Gasteiger charge is 2.49. The van der Waals surface area contributed by atoms with Gasteiger partial charge in [-0.3, -0.25) is 0 Å². The molecule has 0 amide bonds. The molecule has 0 N–H and O–H groups in total. The molecule has 0 spiro atoms. The topological polar surface area (TPSA) is 95.2 Å². The van der Waals surface area contributed by atoms with Crippen LogP contribution in [0.4, 0.5) is 0 Å². The number of hydrogen-bond acceptors (Lipinski definition) is 4. The summed E-state index contributed by atoms with van der Waals surface area (Å²) in [5, 5.41) is 53.6. The Morgan fingerprint density at radius 3 is 0.727 bits per heavy atom. The first kappa shape index (κ1) is 98.3. The van der Waals surface area contributed by atoms with Crippen LogP contribution >= 0.6 is 29.0 Å². The van der Waals surface area contributed by atoms with Crippen LogP contribution in [0.2, 0.25) is 0 Å². The summed E-state index contributed by atoms with van der Waals surface area (Å²) in [6.45, 7) is 6.08. The lowest BCUT2D eigenvalue weighted by atomic mass is 9.98. The minimum Gasteiger partial charge on any atom is -1.00 e. The van der Waals surface area contributed by atoms with Crippen molar-refractivity contribution >= 4 is 92.7 Å². The van der Waals surface area contributed by atoms with Crippen LogP contribution in [0.3, 0.4) is 0 Å². The number of benzene rings is 16. The molecule has 4 nitrogen and oxygen atoms in total. The van der Waals surface area contributed by atoms with E-state index in [0.29, 0.717) is 0 Å². The maximum Gasteiger partial charge on any atom is 0.116 e. The monoisotopic (exact) mass is 1800 g/mol. The van der Waals surface area contributed by atoms with E-state index in [-0.39, 0.29) is 55.0 Å². The number of halogens is 3. The van der Waals surface area contributed by atoms with E-state index >= 15 is 0 Å². The smallest absolute Gasteiger partial charge is 0.116 e. The number of rotatable bonds is 30. The van der Waals surface area contributed by atoms with E-state index in [1.54, 1.807) is 0 Å². The van der Waals surface area contributed by atoms with E-state index in [9.17, 15) is 10.5 Å². The Hall–Kier alpha value is -11.9. The van der Waals surface area contributed by atoms with E-state index in [2.05, 4.69) is 474 Å². The summed E-state index contributed by atoms with van der Waals surface area (Å²) in [4.78, 5) is 0. The molecule has 0 aliphatic carbocycles. The fraction of sp³-hybridized carbons (Fsp3) is 0.145.